The number of aryl methyl sites for hydroxylation is 2. The summed E-state index contributed by atoms with van der Waals surface area (Å²) in [7, 11) is 0. The van der Waals surface area contributed by atoms with Crippen molar-refractivity contribution in [2.45, 2.75) is 34.1 Å². The Morgan fingerprint density at radius 3 is 2.73 bits per heavy atom. The average molecular weight is 301 g/mol. The second-order valence-corrected chi connectivity index (χ2v) is 5.80. The molecule has 22 heavy (non-hydrogen) atoms. The van der Waals surface area contributed by atoms with Gasteiger partial charge in [-0.2, -0.15) is 0 Å². The molecule has 118 valence electrons. The van der Waals surface area contributed by atoms with E-state index >= 15 is 0 Å². The SMILES string of the molecule is Cc1nc(-c2cccc(NC(=O)NCCC(C)C)c2)oc1C. The van der Waals surface area contributed by atoms with Crippen molar-refractivity contribution in [1.29, 1.82) is 0 Å². The minimum absolute atomic E-state index is 0.197. The van der Waals surface area contributed by atoms with Gasteiger partial charge in [0.25, 0.3) is 0 Å². The normalized spacial score (nSPS) is 10.8. The van der Waals surface area contributed by atoms with Crippen molar-refractivity contribution in [2.75, 3.05) is 11.9 Å². The molecule has 1 aromatic heterocycles. The summed E-state index contributed by atoms with van der Waals surface area (Å²) in [6, 6.07) is 7.28. The highest BCUT2D eigenvalue weighted by Gasteiger charge is 2.09. The van der Waals surface area contributed by atoms with Gasteiger partial charge in [-0.15, -0.1) is 0 Å². The molecule has 2 rings (SSSR count). The number of hydrogen-bond acceptors (Lipinski definition) is 3. The van der Waals surface area contributed by atoms with Crippen LogP contribution in [0.5, 0.6) is 0 Å². The highest BCUT2D eigenvalue weighted by molar-refractivity contribution is 5.89. The molecular formula is C17H23N3O2. The fraction of sp³-hybridized carbons (Fsp3) is 0.412. The topological polar surface area (TPSA) is 67.2 Å². The highest BCUT2D eigenvalue weighted by atomic mass is 16.4. The maximum Gasteiger partial charge on any atom is 0.319 e. The van der Waals surface area contributed by atoms with Gasteiger partial charge in [0.2, 0.25) is 5.89 Å². The zero-order valence-electron chi connectivity index (χ0n) is 13.6. The molecule has 1 aromatic carbocycles. The van der Waals surface area contributed by atoms with Crippen LogP contribution < -0.4 is 10.6 Å². The predicted octanol–water partition coefficient (Wildman–Crippen LogP) is 4.13. The summed E-state index contributed by atoms with van der Waals surface area (Å²) in [5.41, 5.74) is 2.43. The van der Waals surface area contributed by atoms with Crippen molar-refractivity contribution in [1.82, 2.24) is 10.3 Å². The molecule has 0 fully saturated rings. The number of oxazole rings is 1. The van der Waals surface area contributed by atoms with E-state index in [1.54, 1.807) is 0 Å². The number of benzene rings is 1. The van der Waals surface area contributed by atoms with E-state index in [4.69, 9.17) is 4.42 Å². The Morgan fingerprint density at radius 1 is 1.32 bits per heavy atom. The minimum Gasteiger partial charge on any atom is -0.441 e. The molecular weight excluding hydrogens is 278 g/mol. The Kier molecular flexibility index (Phi) is 5.20. The number of urea groups is 1. The Labute approximate surface area is 131 Å². The van der Waals surface area contributed by atoms with E-state index in [-0.39, 0.29) is 6.03 Å². The molecule has 0 bridgehead atoms. The Balaban J connectivity index is 2.01. The van der Waals surface area contributed by atoms with Gasteiger partial charge in [0.1, 0.15) is 5.76 Å². The number of nitrogens with zero attached hydrogens (tertiary/aromatic N) is 1. The molecule has 2 amide bonds. The van der Waals surface area contributed by atoms with Crippen molar-refractivity contribution >= 4 is 11.7 Å². The number of anilines is 1. The van der Waals surface area contributed by atoms with Crippen LogP contribution in [0.3, 0.4) is 0 Å². The van der Waals surface area contributed by atoms with Crippen LogP contribution in [0.15, 0.2) is 28.7 Å². The monoisotopic (exact) mass is 301 g/mol. The predicted molar refractivity (Wildman–Crippen MR) is 87.9 cm³/mol. The van der Waals surface area contributed by atoms with Crippen LogP contribution in [0, 0.1) is 19.8 Å². The molecule has 0 aliphatic heterocycles. The van der Waals surface area contributed by atoms with Crippen LogP contribution in [0.25, 0.3) is 11.5 Å². The number of rotatable bonds is 5. The molecule has 5 nitrogen and oxygen atoms in total. The molecule has 0 aliphatic carbocycles. The maximum atomic E-state index is 11.8. The molecule has 0 radical (unpaired) electrons. The van der Waals surface area contributed by atoms with Gasteiger partial charge in [-0.3, -0.25) is 0 Å². The Bertz CT molecular complexity index is 628. The molecule has 5 heteroatoms. The minimum atomic E-state index is -0.197. The number of hydrogen-bond donors (Lipinski definition) is 2. The summed E-state index contributed by atoms with van der Waals surface area (Å²) in [6.07, 6.45) is 0.961. The van der Waals surface area contributed by atoms with E-state index in [1.165, 1.54) is 0 Å². The van der Waals surface area contributed by atoms with E-state index in [1.807, 2.05) is 38.1 Å². The number of aromatic nitrogens is 1. The summed E-state index contributed by atoms with van der Waals surface area (Å²) in [5, 5.41) is 5.67. The molecule has 0 atom stereocenters. The first-order valence-corrected chi connectivity index (χ1v) is 7.55. The van der Waals surface area contributed by atoms with Crippen molar-refractivity contribution in [3.05, 3.63) is 35.7 Å². The van der Waals surface area contributed by atoms with Gasteiger partial charge in [-0.25, -0.2) is 9.78 Å². The quantitative estimate of drug-likeness (QED) is 0.872. The van der Waals surface area contributed by atoms with Crippen molar-refractivity contribution < 1.29 is 9.21 Å². The van der Waals surface area contributed by atoms with Crippen molar-refractivity contribution in [2.24, 2.45) is 5.92 Å². The van der Waals surface area contributed by atoms with Crippen LogP contribution >= 0.6 is 0 Å². The number of carbonyl (C=O) groups excluding carboxylic acids is 1. The van der Waals surface area contributed by atoms with Crippen LogP contribution in [-0.2, 0) is 0 Å². The number of nitrogens with one attached hydrogen (secondary N) is 2. The largest absolute Gasteiger partial charge is 0.441 e. The lowest BCUT2D eigenvalue weighted by molar-refractivity contribution is 0.251. The first-order chi connectivity index (χ1) is 10.5. The molecule has 0 saturated carbocycles. The molecule has 2 aromatic rings. The van der Waals surface area contributed by atoms with Gasteiger partial charge >= 0.3 is 6.03 Å². The summed E-state index contributed by atoms with van der Waals surface area (Å²) < 4.78 is 5.61. The summed E-state index contributed by atoms with van der Waals surface area (Å²) in [6.45, 7) is 8.72. The lowest BCUT2D eigenvalue weighted by Crippen LogP contribution is -2.30. The van der Waals surface area contributed by atoms with Gasteiger partial charge in [0.15, 0.2) is 0 Å². The van der Waals surface area contributed by atoms with E-state index in [9.17, 15) is 4.79 Å². The third kappa shape index (κ3) is 4.35. The lowest BCUT2D eigenvalue weighted by Gasteiger charge is -2.09. The smallest absolute Gasteiger partial charge is 0.319 e. The van der Waals surface area contributed by atoms with Gasteiger partial charge in [-0.05, 0) is 44.4 Å². The van der Waals surface area contributed by atoms with E-state index in [2.05, 4.69) is 29.5 Å². The zero-order chi connectivity index (χ0) is 16.1. The first-order valence-electron chi connectivity index (χ1n) is 7.55. The van der Waals surface area contributed by atoms with Crippen molar-refractivity contribution in [3.63, 3.8) is 0 Å². The standard InChI is InChI=1S/C17H23N3O2/c1-11(2)8-9-18-17(21)20-15-7-5-6-14(10-15)16-19-12(3)13(4)22-16/h5-7,10-11H,8-9H2,1-4H3,(H2,18,20,21). The molecule has 0 spiro atoms. The van der Waals surface area contributed by atoms with E-state index in [0.717, 1.165) is 23.4 Å². The second-order valence-electron chi connectivity index (χ2n) is 5.80. The van der Waals surface area contributed by atoms with Crippen LogP contribution in [0.4, 0.5) is 10.5 Å². The number of amides is 2. The van der Waals surface area contributed by atoms with Gasteiger partial charge in [0, 0.05) is 17.8 Å². The third-order valence-electron chi connectivity index (χ3n) is 3.40. The second kappa shape index (κ2) is 7.11. The van der Waals surface area contributed by atoms with Crippen LogP contribution in [0.1, 0.15) is 31.7 Å². The fourth-order valence-electron chi connectivity index (χ4n) is 1.98. The third-order valence-corrected chi connectivity index (χ3v) is 3.40. The first kappa shape index (κ1) is 16.1. The molecule has 0 saturated heterocycles. The zero-order valence-corrected chi connectivity index (χ0v) is 13.6. The molecule has 2 N–H and O–H groups in total. The fourth-order valence-corrected chi connectivity index (χ4v) is 1.98. The molecule has 0 aliphatic rings. The maximum absolute atomic E-state index is 11.8. The Morgan fingerprint density at radius 2 is 2.09 bits per heavy atom. The molecule has 0 unspecified atom stereocenters. The number of carbonyl (C=O) groups is 1. The molecule has 1 heterocycles. The lowest BCUT2D eigenvalue weighted by atomic mass is 10.1. The highest BCUT2D eigenvalue weighted by Crippen LogP contribution is 2.23. The van der Waals surface area contributed by atoms with Gasteiger partial charge in [0.05, 0.1) is 5.69 Å². The Hall–Kier alpha value is -2.30. The average Bonchev–Trinajstić information content (AvgIpc) is 2.78. The van der Waals surface area contributed by atoms with Crippen LogP contribution in [0.2, 0.25) is 0 Å². The summed E-state index contributed by atoms with van der Waals surface area (Å²) in [4.78, 5) is 16.2. The van der Waals surface area contributed by atoms with Gasteiger partial charge in [-0.1, -0.05) is 19.9 Å². The van der Waals surface area contributed by atoms with E-state index in [0.29, 0.717) is 24.0 Å². The van der Waals surface area contributed by atoms with E-state index < -0.39 is 0 Å². The summed E-state index contributed by atoms with van der Waals surface area (Å²) >= 11 is 0. The van der Waals surface area contributed by atoms with Gasteiger partial charge < -0.3 is 15.1 Å². The van der Waals surface area contributed by atoms with Crippen molar-refractivity contribution in [3.8, 4) is 11.5 Å². The summed E-state index contributed by atoms with van der Waals surface area (Å²) in [5.74, 6) is 1.94. The van der Waals surface area contributed by atoms with Crippen LogP contribution in [-0.4, -0.2) is 17.6 Å².